The van der Waals surface area contributed by atoms with Crippen LogP contribution in [0.25, 0.3) is 22.2 Å². The maximum atomic E-state index is 13.4. The molecule has 0 fully saturated rings. The minimum Gasteiger partial charge on any atom is -0.395 e. The Morgan fingerprint density at radius 2 is 1.73 bits per heavy atom. The standard InChI is InChI=1S/C21H26N6O3/c28-11-8-22-5-6-25-16-1-2-17-19-18(16)21(30)15-13-24-4-3-14(15)20(19)26-27(17)10-7-23-9-12-29/h1-4,13,22-23,25,28-29H,5-12H2. The molecule has 2 aromatic heterocycles. The first-order chi connectivity index (χ1) is 14.8. The van der Waals surface area contributed by atoms with Crippen molar-refractivity contribution in [2.75, 3.05) is 51.3 Å². The first kappa shape index (κ1) is 20.4. The second-order valence-corrected chi connectivity index (χ2v) is 7.08. The fourth-order valence-corrected chi connectivity index (χ4v) is 3.81. The molecule has 2 heterocycles. The lowest BCUT2D eigenvalue weighted by molar-refractivity contribution is 0.104. The predicted octanol–water partition coefficient (Wildman–Crippen LogP) is 0.218. The molecule has 0 aliphatic heterocycles. The highest BCUT2D eigenvalue weighted by Gasteiger charge is 2.31. The van der Waals surface area contributed by atoms with E-state index in [4.69, 9.17) is 15.3 Å². The summed E-state index contributed by atoms with van der Waals surface area (Å²) in [6.07, 6.45) is 3.29. The molecule has 0 unspecified atom stereocenters. The van der Waals surface area contributed by atoms with Crippen molar-refractivity contribution in [3.05, 3.63) is 41.7 Å². The van der Waals surface area contributed by atoms with Crippen LogP contribution in [0.5, 0.6) is 0 Å². The van der Waals surface area contributed by atoms with Crippen LogP contribution in [-0.2, 0) is 6.54 Å². The van der Waals surface area contributed by atoms with E-state index < -0.39 is 0 Å². The number of fused-ring (bicyclic) bond motifs is 2. The summed E-state index contributed by atoms with van der Waals surface area (Å²) in [6, 6.07) is 5.75. The van der Waals surface area contributed by atoms with Crippen molar-refractivity contribution in [1.29, 1.82) is 0 Å². The molecule has 0 amide bonds. The zero-order valence-corrected chi connectivity index (χ0v) is 16.7. The van der Waals surface area contributed by atoms with Crippen LogP contribution in [0.2, 0.25) is 0 Å². The highest BCUT2D eigenvalue weighted by atomic mass is 16.3. The second-order valence-electron chi connectivity index (χ2n) is 7.08. The van der Waals surface area contributed by atoms with Crippen LogP contribution < -0.4 is 16.0 Å². The summed E-state index contributed by atoms with van der Waals surface area (Å²) in [5.41, 5.74) is 4.46. The Morgan fingerprint density at radius 1 is 0.933 bits per heavy atom. The summed E-state index contributed by atoms with van der Waals surface area (Å²) in [7, 11) is 0. The smallest absolute Gasteiger partial charge is 0.198 e. The molecule has 0 bridgehead atoms. The molecular formula is C21H26N6O3. The number of hydrogen-bond acceptors (Lipinski definition) is 8. The molecule has 0 atom stereocenters. The van der Waals surface area contributed by atoms with Gasteiger partial charge in [-0.1, -0.05) is 0 Å². The number of hydrogen-bond donors (Lipinski definition) is 5. The maximum Gasteiger partial charge on any atom is 0.198 e. The summed E-state index contributed by atoms with van der Waals surface area (Å²) in [5.74, 6) is -0.0556. The zero-order chi connectivity index (χ0) is 20.9. The summed E-state index contributed by atoms with van der Waals surface area (Å²) in [5, 5.41) is 33.1. The van der Waals surface area contributed by atoms with Crippen molar-refractivity contribution in [3.63, 3.8) is 0 Å². The van der Waals surface area contributed by atoms with Crippen molar-refractivity contribution in [2.45, 2.75) is 6.54 Å². The number of anilines is 1. The van der Waals surface area contributed by atoms with Crippen LogP contribution in [0.4, 0.5) is 5.69 Å². The van der Waals surface area contributed by atoms with Gasteiger partial charge in [0.15, 0.2) is 5.78 Å². The van der Waals surface area contributed by atoms with Gasteiger partial charge in [-0.2, -0.15) is 5.10 Å². The molecule has 9 nitrogen and oxygen atoms in total. The molecule has 0 radical (unpaired) electrons. The summed E-state index contributed by atoms with van der Waals surface area (Å²) in [4.78, 5) is 17.5. The van der Waals surface area contributed by atoms with Gasteiger partial charge >= 0.3 is 0 Å². The Labute approximate surface area is 174 Å². The van der Waals surface area contributed by atoms with Gasteiger partial charge in [0.05, 0.1) is 36.4 Å². The van der Waals surface area contributed by atoms with Gasteiger partial charge in [-0.05, 0) is 18.2 Å². The fourth-order valence-electron chi connectivity index (χ4n) is 3.81. The Bertz CT molecular complexity index is 1050. The van der Waals surface area contributed by atoms with E-state index in [0.717, 1.165) is 27.8 Å². The first-order valence-corrected chi connectivity index (χ1v) is 10.2. The third kappa shape index (κ3) is 3.80. The van der Waals surface area contributed by atoms with E-state index in [1.807, 2.05) is 22.9 Å². The molecule has 1 aliphatic rings. The minimum absolute atomic E-state index is 0.0556. The van der Waals surface area contributed by atoms with Crippen LogP contribution >= 0.6 is 0 Å². The Morgan fingerprint density at radius 3 is 2.53 bits per heavy atom. The molecule has 4 rings (SSSR count). The quantitative estimate of drug-likeness (QED) is 0.223. The van der Waals surface area contributed by atoms with E-state index >= 15 is 0 Å². The maximum absolute atomic E-state index is 13.4. The Hall–Kier alpha value is -2.85. The average Bonchev–Trinajstić information content (AvgIpc) is 3.14. The molecule has 0 saturated carbocycles. The molecular weight excluding hydrogens is 384 g/mol. The van der Waals surface area contributed by atoms with E-state index in [1.54, 1.807) is 12.4 Å². The number of aromatic nitrogens is 3. The number of aliphatic hydroxyl groups is 2. The number of benzene rings is 1. The predicted molar refractivity (Wildman–Crippen MR) is 115 cm³/mol. The summed E-state index contributed by atoms with van der Waals surface area (Å²) < 4.78 is 1.91. The average molecular weight is 410 g/mol. The molecule has 0 spiro atoms. The van der Waals surface area contributed by atoms with Gasteiger partial charge in [0.2, 0.25) is 0 Å². The molecule has 1 aliphatic carbocycles. The monoisotopic (exact) mass is 410 g/mol. The second kappa shape index (κ2) is 9.31. The molecule has 1 aromatic carbocycles. The molecule has 9 heteroatoms. The number of ketones is 1. The van der Waals surface area contributed by atoms with Crippen molar-refractivity contribution >= 4 is 22.4 Å². The van der Waals surface area contributed by atoms with Crippen molar-refractivity contribution in [3.8, 4) is 11.3 Å². The lowest BCUT2D eigenvalue weighted by Crippen LogP contribution is -2.25. The number of pyridine rings is 1. The number of aliphatic hydroxyl groups excluding tert-OH is 2. The number of rotatable bonds is 11. The van der Waals surface area contributed by atoms with Crippen molar-refractivity contribution in [2.24, 2.45) is 0 Å². The number of nitrogens with zero attached hydrogens (tertiary/aromatic N) is 3. The van der Waals surface area contributed by atoms with Gasteiger partial charge in [0, 0.05) is 61.8 Å². The number of carbonyl (C=O) groups is 1. The van der Waals surface area contributed by atoms with Crippen molar-refractivity contribution < 1.29 is 15.0 Å². The van der Waals surface area contributed by atoms with Gasteiger partial charge in [-0.15, -0.1) is 0 Å². The van der Waals surface area contributed by atoms with Gasteiger partial charge in [0.25, 0.3) is 0 Å². The largest absolute Gasteiger partial charge is 0.395 e. The minimum atomic E-state index is -0.0556. The van der Waals surface area contributed by atoms with Crippen LogP contribution in [0, 0.1) is 0 Å². The van der Waals surface area contributed by atoms with Crippen LogP contribution in [-0.4, -0.2) is 76.7 Å². The topological polar surface area (TPSA) is 124 Å². The van der Waals surface area contributed by atoms with E-state index in [1.165, 1.54) is 0 Å². The highest BCUT2D eigenvalue weighted by Crippen LogP contribution is 2.41. The van der Waals surface area contributed by atoms with Crippen LogP contribution in [0.15, 0.2) is 30.6 Å². The lowest BCUT2D eigenvalue weighted by atomic mass is 9.87. The molecule has 5 N–H and O–H groups in total. The molecule has 30 heavy (non-hydrogen) atoms. The van der Waals surface area contributed by atoms with Crippen LogP contribution in [0.1, 0.15) is 15.9 Å². The van der Waals surface area contributed by atoms with E-state index in [0.29, 0.717) is 50.4 Å². The van der Waals surface area contributed by atoms with E-state index in [9.17, 15) is 4.79 Å². The molecule has 0 saturated heterocycles. The van der Waals surface area contributed by atoms with Gasteiger partial charge in [-0.3, -0.25) is 14.5 Å². The van der Waals surface area contributed by atoms with Gasteiger partial charge in [0.1, 0.15) is 5.69 Å². The fraction of sp³-hybridized carbons (Fsp3) is 0.381. The Balaban J connectivity index is 1.72. The first-order valence-electron chi connectivity index (χ1n) is 10.2. The van der Waals surface area contributed by atoms with Gasteiger partial charge < -0.3 is 26.2 Å². The van der Waals surface area contributed by atoms with E-state index in [2.05, 4.69) is 20.9 Å². The zero-order valence-electron chi connectivity index (χ0n) is 16.7. The summed E-state index contributed by atoms with van der Waals surface area (Å²) >= 11 is 0. The lowest BCUT2D eigenvalue weighted by Gasteiger charge is -2.18. The summed E-state index contributed by atoms with van der Waals surface area (Å²) in [6.45, 7) is 3.84. The number of carbonyl (C=O) groups excluding carboxylic acids is 1. The Kier molecular flexibility index (Phi) is 6.34. The van der Waals surface area contributed by atoms with E-state index in [-0.39, 0.29) is 19.0 Å². The third-order valence-electron chi connectivity index (χ3n) is 5.16. The normalized spacial score (nSPS) is 12.4. The highest BCUT2D eigenvalue weighted by molar-refractivity contribution is 6.27. The molecule has 158 valence electrons. The molecule has 3 aromatic rings. The van der Waals surface area contributed by atoms with Crippen molar-refractivity contribution in [1.82, 2.24) is 25.4 Å². The number of nitrogens with one attached hydrogen (secondary N) is 3. The van der Waals surface area contributed by atoms with Gasteiger partial charge in [-0.25, -0.2) is 0 Å². The SMILES string of the molecule is O=C1c2cnccc2-c2nn(CCNCCO)c3ccc(NCCNCCO)c1c23. The third-order valence-corrected chi connectivity index (χ3v) is 5.16. The van der Waals surface area contributed by atoms with Crippen LogP contribution in [0.3, 0.4) is 0 Å².